The molecule has 1 N–H and O–H groups in total. The van der Waals surface area contributed by atoms with Crippen LogP contribution in [0.3, 0.4) is 0 Å². The third kappa shape index (κ3) is 2.64. The van der Waals surface area contributed by atoms with Crippen molar-refractivity contribution in [1.29, 1.82) is 0 Å². The van der Waals surface area contributed by atoms with Gasteiger partial charge in [-0.05, 0) is 13.3 Å². The monoisotopic (exact) mass is 200 g/mol. The SMILES string of the molecule is CCC(c1ncc(Cl)cn1)C(C)O. The second kappa shape index (κ2) is 4.53. The number of hydrogen-bond acceptors (Lipinski definition) is 3. The predicted octanol–water partition coefficient (Wildman–Crippen LogP) is 2.00. The number of hydrogen-bond donors (Lipinski definition) is 1. The Morgan fingerprint density at radius 1 is 1.46 bits per heavy atom. The molecular weight excluding hydrogens is 188 g/mol. The first-order valence-electron chi connectivity index (χ1n) is 4.30. The van der Waals surface area contributed by atoms with E-state index in [4.69, 9.17) is 11.6 Å². The van der Waals surface area contributed by atoms with E-state index in [1.54, 1.807) is 19.3 Å². The van der Waals surface area contributed by atoms with Gasteiger partial charge in [0.15, 0.2) is 0 Å². The minimum absolute atomic E-state index is 0.00253. The van der Waals surface area contributed by atoms with Gasteiger partial charge >= 0.3 is 0 Å². The maximum Gasteiger partial charge on any atom is 0.133 e. The van der Waals surface area contributed by atoms with Gasteiger partial charge in [0.25, 0.3) is 0 Å². The van der Waals surface area contributed by atoms with E-state index in [1.807, 2.05) is 6.92 Å². The van der Waals surface area contributed by atoms with E-state index in [0.29, 0.717) is 10.8 Å². The van der Waals surface area contributed by atoms with Crippen LogP contribution in [-0.4, -0.2) is 21.2 Å². The summed E-state index contributed by atoms with van der Waals surface area (Å²) in [6, 6.07) is 0. The highest BCUT2D eigenvalue weighted by Gasteiger charge is 2.17. The van der Waals surface area contributed by atoms with Crippen LogP contribution >= 0.6 is 11.6 Å². The average molecular weight is 201 g/mol. The number of rotatable bonds is 3. The molecule has 72 valence electrons. The van der Waals surface area contributed by atoms with Crippen molar-refractivity contribution in [3.8, 4) is 0 Å². The third-order valence-corrected chi connectivity index (χ3v) is 2.19. The van der Waals surface area contributed by atoms with E-state index in [0.717, 1.165) is 6.42 Å². The van der Waals surface area contributed by atoms with E-state index in [9.17, 15) is 5.11 Å². The fourth-order valence-electron chi connectivity index (χ4n) is 1.25. The molecule has 13 heavy (non-hydrogen) atoms. The van der Waals surface area contributed by atoms with Gasteiger partial charge < -0.3 is 5.11 Å². The lowest BCUT2D eigenvalue weighted by atomic mass is 10.00. The molecule has 0 aliphatic carbocycles. The Balaban J connectivity index is 2.86. The molecule has 1 aromatic heterocycles. The Kier molecular flexibility index (Phi) is 3.63. The molecule has 0 aromatic carbocycles. The number of aromatic nitrogens is 2. The Bertz CT molecular complexity index is 261. The summed E-state index contributed by atoms with van der Waals surface area (Å²) in [5, 5.41) is 9.94. The van der Waals surface area contributed by atoms with Crippen LogP contribution in [0.1, 0.15) is 32.0 Å². The molecule has 1 rings (SSSR count). The molecule has 0 bridgehead atoms. The molecule has 0 fully saturated rings. The lowest BCUT2D eigenvalue weighted by Gasteiger charge is -2.15. The van der Waals surface area contributed by atoms with Gasteiger partial charge in [0.05, 0.1) is 11.1 Å². The summed E-state index contributed by atoms with van der Waals surface area (Å²) >= 11 is 5.65. The zero-order valence-corrected chi connectivity index (χ0v) is 8.49. The van der Waals surface area contributed by atoms with Gasteiger partial charge in [-0.25, -0.2) is 9.97 Å². The van der Waals surface area contributed by atoms with E-state index in [1.165, 1.54) is 0 Å². The zero-order valence-electron chi connectivity index (χ0n) is 7.74. The molecule has 3 nitrogen and oxygen atoms in total. The maximum atomic E-state index is 9.42. The zero-order chi connectivity index (χ0) is 9.84. The molecule has 1 heterocycles. The first-order chi connectivity index (χ1) is 6.15. The van der Waals surface area contributed by atoms with Crippen LogP contribution in [0.25, 0.3) is 0 Å². The highest BCUT2D eigenvalue weighted by Crippen LogP contribution is 2.19. The summed E-state index contributed by atoms with van der Waals surface area (Å²) in [5.74, 6) is 0.652. The summed E-state index contributed by atoms with van der Waals surface area (Å²) < 4.78 is 0. The maximum absolute atomic E-state index is 9.42. The highest BCUT2D eigenvalue weighted by molar-refractivity contribution is 6.30. The Hall–Kier alpha value is -0.670. The first kappa shape index (κ1) is 10.4. The number of nitrogens with zero attached hydrogens (tertiary/aromatic N) is 2. The van der Waals surface area contributed by atoms with Crippen molar-refractivity contribution in [1.82, 2.24) is 9.97 Å². The van der Waals surface area contributed by atoms with Gasteiger partial charge in [0.1, 0.15) is 5.82 Å². The van der Waals surface area contributed by atoms with Gasteiger partial charge in [-0.3, -0.25) is 0 Å². The van der Waals surface area contributed by atoms with Gasteiger partial charge in [-0.2, -0.15) is 0 Å². The highest BCUT2D eigenvalue weighted by atomic mass is 35.5. The van der Waals surface area contributed by atoms with Crippen molar-refractivity contribution < 1.29 is 5.11 Å². The quantitative estimate of drug-likeness (QED) is 0.812. The summed E-state index contributed by atoms with van der Waals surface area (Å²) in [5.41, 5.74) is 0. The summed E-state index contributed by atoms with van der Waals surface area (Å²) in [6.45, 7) is 3.74. The van der Waals surface area contributed by atoms with Crippen LogP contribution in [0.15, 0.2) is 12.4 Å². The number of halogens is 1. The minimum Gasteiger partial charge on any atom is -0.393 e. The first-order valence-corrected chi connectivity index (χ1v) is 4.68. The molecule has 2 atom stereocenters. The van der Waals surface area contributed by atoms with Crippen molar-refractivity contribution in [2.24, 2.45) is 0 Å². The van der Waals surface area contributed by atoms with Crippen molar-refractivity contribution in [2.45, 2.75) is 32.3 Å². The smallest absolute Gasteiger partial charge is 0.133 e. The lowest BCUT2D eigenvalue weighted by Crippen LogP contribution is -2.16. The molecule has 0 aliphatic heterocycles. The van der Waals surface area contributed by atoms with Gasteiger partial charge in [0.2, 0.25) is 0 Å². The molecule has 0 spiro atoms. The molecule has 1 aromatic rings. The van der Waals surface area contributed by atoms with Gasteiger partial charge in [0, 0.05) is 18.3 Å². The van der Waals surface area contributed by atoms with Gasteiger partial charge in [-0.1, -0.05) is 18.5 Å². The van der Waals surface area contributed by atoms with E-state index in [2.05, 4.69) is 9.97 Å². The molecule has 2 unspecified atom stereocenters. The number of aliphatic hydroxyl groups is 1. The van der Waals surface area contributed by atoms with Crippen LogP contribution in [0, 0.1) is 0 Å². The summed E-state index contributed by atoms with van der Waals surface area (Å²) in [6.07, 6.45) is 3.49. The van der Waals surface area contributed by atoms with Gasteiger partial charge in [-0.15, -0.1) is 0 Å². The molecule has 0 amide bonds. The molecule has 0 saturated heterocycles. The standard InChI is InChI=1S/C9H13ClN2O/c1-3-8(6(2)13)9-11-4-7(10)5-12-9/h4-6,8,13H,3H2,1-2H3. The topological polar surface area (TPSA) is 46.0 Å². The fraction of sp³-hybridized carbons (Fsp3) is 0.556. The van der Waals surface area contributed by atoms with E-state index in [-0.39, 0.29) is 5.92 Å². The Labute approximate surface area is 82.8 Å². The molecule has 0 aliphatic rings. The van der Waals surface area contributed by atoms with Crippen molar-refractivity contribution >= 4 is 11.6 Å². The lowest BCUT2D eigenvalue weighted by molar-refractivity contribution is 0.156. The molecule has 0 saturated carbocycles. The largest absolute Gasteiger partial charge is 0.393 e. The normalized spacial score (nSPS) is 15.4. The van der Waals surface area contributed by atoms with E-state index < -0.39 is 6.10 Å². The van der Waals surface area contributed by atoms with E-state index >= 15 is 0 Å². The van der Waals surface area contributed by atoms with Crippen LogP contribution < -0.4 is 0 Å². The fourth-order valence-corrected chi connectivity index (χ4v) is 1.35. The van der Waals surface area contributed by atoms with Crippen LogP contribution in [-0.2, 0) is 0 Å². The third-order valence-electron chi connectivity index (χ3n) is 1.99. The van der Waals surface area contributed by atoms with Crippen LogP contribution in [0.5, 0.6) is 0 Å². The second-order valence-corrected chi connectivity index (χ2v) is 3.45. The average Bonchev–Trinajstić information content (AvgIpc) is 2.09. The molecule has 0 radical (unpaired) electrons. The second-order valence-electron chi connectivity index (χ2n) is 3.01. The summed E-state index contributed by atoms with van der Waals surface area (Å²) in [7, 11) is 0. The summed E-state index contributed by atoms with van der Waals surface area (Å²) in [4.78, 5) is 8.14. The molecule has 4 heteroatoms. The minimum atomic E-state index is -0.425. The van der Waals surface area contributed by atoms with Crippen molar-refractivity contribution in [2.75, 3.05) is 0 Å². The van der Waals surface area contributed by atoms with Crippen molar-refractivity contribution in [3.05, 3.63) is 23.2 Å². The van der Waals surface area contributed by atoms with Crippen LogP contribution in [0.4, 0.5) is 0 Å². The molecular formula is C9H13ClN2O. The predicted molar refractivity (Wildman–Crippen MR) is 51.8 cm³/mol. The Morgan fingerprint density at radius 2 is 2.00 bits per heavy atom. The van der Waals surface area contributed by atoms with Crippen LogP contribution in [0.2, 0.25) is 5.02 Å². The Morgan fingerprint density at radius 3 is 2.38 bits per heavy atom. The van der Waals surface area contributed by atoms with Crippen molar-refractivity contribution in [3.63, 3.8) is 0 Å². The number of aliphatic hydroxyl groups excluding tert-OH is 1.